The van der Waals surface area contributed by atoms with Crippen LogP contribution in [0.25, 0.3) is 16.9 Å². The summed E-state index contributed by atoms with van der Waals surface area (Å²) in [5, 5.41) is 20.3. The molecule has 7 nitrogen and oxygen atoms in total. The second kappa shape index (κ2) is 8.85. The van der Waals surface area contributed by atoms with E-state index >= 15 is 0 Å². The van der Waals surface area contributed by atoms with E-state index in [1.807, 2.05) is 7.85 Å². The molecule has 3 N–H and O–H groups in total. The maximum absolute atomic E-state index is 12.9. The number of halogens is 3. The van der Waals surface area contributed by atoms with Crippen molar-refractivity contribution in [3.63, 3.8) is 0 Å². The van der Waals surface area contributed by atoms with Crippen LogP contribution in [0.15, 0.2) is 60.8 Å². The van der Waals surface area contributed by atoms with Gasteiger partial charge in [-0.2, -0.15) is 22.8 Å². The lowest BCUT2D eigenvalue weighted by molar-refractivity contribution is -0.137. The maximum atomic E-state index is 12.9. The van der Waals surface area contributed by atoms with Crippen LogP contribution in [0.4, 0.5) is 19.0 Å². The molecule has 0 aliphatic carbocycles. The third-order valence-electron chi connectivity index (χ3n) is 5.00. The predicted molar refractivity (Wildman–Crippen MR) is 121 cm³/mol. The first-order valence-electron chi connectivity index (χ1n) is 10.1. The van der Waals surface area contributed by atoms with Gasteiger partial charge in [0.15, 0.2) is 5.65 Å². The highest BCUT2D eigenvalue weighted by Crippen LogP contribution is 2.30. The minimum absolute atomic E-state index is 0.0688. The fourth-order valence-electron chi connectivity index (χ4n) is 3.33. The van der Waals surface area contributed by atoms with Crippen molar-refractivity contribution in [2.24, 2.45) is 0 Å². The van der Waals surface area contributed by atoms with Gasteiger partial charge in [-0.1, -0.05) is 18.2 Å². The second-order valence-corrected chi connectivity index (χ2v) is 7.37. The van der Waals surface area contributed by atoms with Gasteiger partial charge in [0.2, 0.25) is 0 Å². The van der Waals surface area contributed by atoms with Gasteiger partial charge in [-0.25, -0.2) is 4.98 Å². The Morgan fingerprint density at radius 1 is 1.09 bits per heavy atom. The summed E-state index contributed by atoms with van der Waals surface area (Å²) in [6.45, 7) is 0.438. The van der Waals surface area contributed by atoms with E-state index in [9.17, 15) is 23.1 Å². The summed E-state index contributed by atoms with van der Waals surface area (Å²) in [4.78, 5) is 16.9. The van der Waals surface area contributed by atoms with Crippen LogP contribution in [0.2, 0.25) is 0 Å². The lowest BCUT2D eigenvalue weighted by Gasteiger charge is -2.13. The highest BCUT2D eigenvalue weighted by molar-refractivity contribution is 6.36. The molecule has 0 aliphatic heterocycles. The summed E-state index contributed by atoms with van der Waals surface area (Å²) in [5.41, 5.74) is 1.60. The molecule has 0 saturated heterocycles. The number of phenols is 1. The molecule has 2 aromatic carbocycles. The molecule has 4 rings (SSSR count). The molecule has 11 heteroatoms. The number of benzene rings is 2. The number of aromatic hydroxyl groups is 1. The average molecular weight is 453 g/mol. The van der Waals surface area contributed by atoms with E-state index in [4.69, 9.17) is 0 Å². The number of nitrogens with one attached hydrogen (secondary N) is 2. The SMILES string of the molecule is Bc1cnn2c(NCCNC(=O)c3cccc(C(F)(F)F)c3)cc(-c3ccccc3O)nc12. The Labute approximate surface area is 187 Å². The van der Waals surface area contributed by atoms with E-state index in [0.717, 1.165) is 17.6 Å². The Morgan fingerprint density at radius 2 is 1.88 bits per heavy atom. The van der Waals surface area contributed by atoms with Crippen LogP contribution in [0.1, 0.15) is 15.9 Å². The smallest absolute Gasteiger partial charge is 0.416 e. The van der Waals surface area contributed by atoms with Crippen molar-refractivity contribution >= 4 is 30.7 Å². The van der Waals surface area contributed by atoms with Crippen molar-refractivity contribution in [2.45, 2.75) is 6.18 Å². The zero-order valence-corrected chi connectivity index (χ0v) is 17.5. The standard InChI is InChI=1S/C22H19BF3N5O2/c23-16-12-29-31-19(11-17(30-20(16)31)15-6-1-2-7-18(15)32)27-8-9-28-21(33)13-4-3-5-14(10-13)22(24,25)26/h1-7,10-12,27,32H,8-9,23H2,(H,28,33). The molecular formula is C22H19BF3N5O2. The number of rotatable bonds is 6. The average Bonchev–Trinajstić information content (AvgIpc) is 3.17. The number of aromatic nitrogens is 3. The predicted octanol–water partition coefficient (Wildman–Crippen LogP) is 2.22. The van der Waals surface area contributed by atoms with Crippen LogP contribution in [-0.4, -0.2) is 46.5 Å². The number of fused-ring (bicyclic) bond motifs is 1. The van der Waals surface area contributed by atoms with Gasteiger partial charge in [-0.05, 0) is 35.8 Å². The molecule has 0 aliphatic rings. The van der Waals surface area contributed by atoms with Crippen molar-refractivity contribution in [3.8, 4) is 17.0 Å². The van der Waals surface area contributed by atoms with E-state index < -0.39 is 17.6 Å². The van der Waals surface area contributed by atoms with Gasteiger partial charge in [0, 0.05) is 36.5 Å². The molecule has 4 aromatic rings. The van der Waals surface area contributed by atoms with Gasteiger partial charge in [0.25, 0.3) is 5.91 Å². The molecule has 2 aromatic heterocycles. The quantitative estimate of drug-likeness (QED) is 0.308. The molecule has 0 spiro atoms. The molecule has 1 amide bonds. The van der Waals surface area contributed by atoms with Gasteiger partial charge < -0.3 is 15.7 Å². The van der Waals surface area contributed by atoms with Crippen molar-refractivity contribution in [1.82, 2.24) is 19.9 Å². The largest absolute Gasteiger partial charge is 0.507 e. The fraction of sp³-hybridized carbons (Fsp3) is 0.136. The summed E-state index contributed by atoms with van der Waals surface area (Å²) in [5.74, 6) is 0.0677. The number of phenolic OH excluding ortho intramolecular Hbond substituents is 1. The number of hydrogen-bond donors (Lipinski definition) is 3. The van der Waals surface area contributed by atoms with Crippen LogP contribution in [-0.2, 0) is 6.18 Å². The van der Waals surface area contributed by atoms with E-state index in [1.165, 1.54) is 12.1 Å². The van der Waals surface area contributed by atoms with Gasteiger partial charge >= 0.3 is 6.18 Å². The minimum Gasteiger partial charge on any atom is -0.507 e. The number of carbonyl (C=O) groups is 1. The van der Waals surface area contributed by atoms with Gasteiger partial charge in [-0.15, -0.1) is 0 Å². The monoisotopic (exact) mass is 453 g/mol. The molecule has 2 heterocycles. The van der Waals surface area contributed by atoms with Crippen molar-refractivity contribution in [1.29, 1.82) is 0 Å². The number of para-hydroxylation sites is 1. The third-order valence-corrected chi connectivity index (χ3v) is 5.00. The van der Waals surface area contributed by atoms with Crippen molar-refractivity contribution in [2.75, 3.05) is 18.4 Å². The lowest BCUT2D eigenvalue weighted by atomic mass is 10.0. The van der Waals surface area contributed by atoms with E-state index in [-0.39, 0.29) is 24.4 Å². The van der Waals surface area contributed by atoms with E-state index in [1.54, 1.807) is 41.0 Å². The third kappa shape index (κ3) is 4.76. The first-order chi connectivity index (χ1) is 15.7. The fourth-order valence-corrected chi connectivity index (χ4v) is 3.33. The zero-order chi connectivity index (χ0) is 23.6. The minimum atomic E-state index is -4.52. The van der Waals surface area contributed by atoms with Crippen LogP contribution < -0.4 is 16.1 Å². The molecule has 0 atom stereocenters. The first-order valence-corrected chi connectivity index (χ1v) is 10.1. The summed E-state index contributed by atoms with van der Waals surface area (Å²) in [6.07, 6.45) is -2.85. The lowest BCUT2D eigenvalue weighted by Crippen LogP contribution is -2.29. The molecule has 0 saturated carbocycles. The highest BCUT2D eigenvalue weighted by Gasteiger charge is 2.30. The van der Waals surface area contributed by atoms with Gasteiger partial charge in [0.05, 0.1) is 11.3 Å². The molecular weight excluding hydrogens is 434 g/mol. The Balaban J connectivity index is 1.48. The number of anilines is 1. The zero-order valence-electron chi connectivity index (χ0n) is 17.5. The number of amides is 1. The highest BCUT2D eigenvalue weighted by atomic mass is 19.4. The number of carbonyl (C=O) groups excluding carboxylic acids is 1. The summed E-state index contributed by atoms with van der Waals surface area (Å²) < 4.78 is 40.2. The van der Waals surface area contributed by atoms with E-state index in [2.05, 4.69) is 20.7 Å². The van der Waals surface area contributed by atoms with Crippen molar-refractivity contribution < 1.29 is 23.1 Å². The summed E-state index contributed by atoms with van der Waals surface area (Å²) in [7, 11) is 1.86. The van der Waals surface area contributed by atoms with Crippen LogP contribution in [0, 0.1) is 0 Å². The number of hydrogen-bond acceptors (Lipinski definition) is 5. The summed E-state index contributed by atoms with van der Waals surface area (Å²) in [6, 6.07) is 12.8. The first kappa shape index (κ1) is 22.2. The second-order valence-electron chi connectivity index (χ2n) is 7.37. The molecule has 0 radical (unpaired) electrons. The van der Waals surface area contributed by atoms with Gasteiger partial charge in [0.1, 0.15) is 19.4 Å². The Morgan fingerprint density at radius 3 is 2.64 bits per heavy atom. The molecule has 33 heavy (non-hydrogen) atoms. The maximum Gasteiger partial charge on any atom is 0.416 e. The molecule has 168 valence electrons. The van der Waals surface area contributed by atoms with E-state index in [0.29, 0.717) is 22.7 Å². The Kier molecular flexibility index (Phi) is 5.95. The normalized spacial score (nSPS) is 11.5. The number of alkyl halides is 3. The number of nitrogens with zero attached hydrogens (tertiary/aromatic N) is 3. The Bertz CT molecular complexity index is 1320. The molecule has 0 bridgehead atoms. The topological polar surface area (TPSA) is 91.5 Å². The van der Waals surface area contributed by atoms with Crippen LogP contribution in [0.3, 0.4) is 0 Å². The molecule has 0 fully saturated rings. The Hall–Kier alpha value is -4.02. The summed E-state index contributed by atoms with van der Waals surface area (Å²) >= 11 is 0. The van der Waals surface area contributed by atoms with Gasteiger partial charge in [-0.3, -0.25) is 4.79 Å². The molecule has 0 unspecified atom stereocenters. The van der Waals surface area contributed by atoms with Crippen LogP contribution >= 0.6 is 0 Å². The van der Waals surface area contributed by atoms with Crippen LogP contribution in [0.5, 0.6) is 5.75 Å². The van der Waals surface area contributed by atoms with Crippen molar-refractivity contribution in [3.05, 3.63) is 71.9 Å².